The third kappa shape index (κ3) is 2.73. The van der Waals surface area contributed by atoms with Crippen molar-refractivity contribution in [2.24, 2.45) is 0 Å². The van der Waals surface area contributed by atoms with Gasteiger partial charge in [0.25, 0.3) is 0 Å². The second-order valence-electron chi connectivity index (χ2n) is 4.97. The van der Waals surface area contributed by atoms with E-state index in [-0.39, 0.29) is 5.56 Å². The molecule has 0 radical (unpaired) electrons. The zero-order chi connectivity index (χ0) is 15.3. The smallest absolute Gasteiger partial charge is 0.475 e. The average molecular weight is 373 g/mol. The minimum atomic E-state index is -4.83. The molecule has 1 N–H and O–H groups in total. The molecular formula is C12H12BrF3O3S. The van der Waals surface area contributed by atoms with E-state index in [0.717, 1.165) is 12.1 Å². The Bertz CT molecular complexity index is 559. The number of aliphatic hydroxyl groups is 1. The molecule has 0 aliphatic carbocycles. The molecule has 2 rings (SSSR count). The van der Waals surface area contributed by atoms with E-state index in [1.165, 1.54) is 6.07 Å². The summed E-state index contributed by atoms with van der Waals surface area (Å²) < 4.78 is 54.3. The molecule has 0 amide bonds. The Morgan fingerprint density at radius 2 is 2.00 bits per heavy atom. The monoisotopic (exact) mass is 372 g/mol. The molecule has 0 aromatic heterocycles. The lowest BCUT2D eigenvalue weighted by Gasteiger charge is -2.40. The quantitative estimate of drug-likeness (QED) is 0.769. The van der Waals surface area contributed by atoms with Gasteiger partial charge < -0.3 is 9.84 Å². The number of hydrogen-bond acceptors (Lipinski definition) is 3. The second-order valence-corrected chi connectivity index (χ2v) is 7.42. The number of ether oxygens (including phenoxy) is 1. The number of aliphatic hydroxyl groups excluding tert-OH is 1. The highest BCUT2D eigenvalue weighted by Crippen LogP contribution is 2.44. The first-order valence-electron chi connectivity index (χ1n) is 5.68. The van der Waals surface area contributed by atoms with Crippen molar-refractivity contribution in [1.82, 2.24) is 0 Å². The summed E-state index contributed by atoms with van der Waals surface area (Å²) in [5, 5.41) is 10.2. The van der Waals surface area contributed by atoms with Gasteiger partial charge in [0.2, 0.25) is 0 Å². The molecule has 3 nitrogen and oxygen atoms in total. The van der Waals surface area contributed by atoms with Gasteiger partial charge in [-0.2, -0.15) is 13.2 Å². The predicted octanol–water partition coefficient (Wildman–Crippen LogP) is 3.28. The van der Waals surface area contributed by atoms with Crippen LogP contribution < -0.4 is 4.74 Å². The van der Waals surface area contributed by atoms with Crippen molar-refractivity contribution in [3.05, 3.63) is 23.8 Å². The summed E-state index contributed by atoms with van der Waals surface area (Å²) in [6, 6.07) is 3.48. The standard InChI is InChI=1S/C12H12BrF3O3S/c1-11(2)10(13)9(17)7-5-6(3-4-8(7)19-11)20(18)12(14,15)16/h3-5,9-10,17H,1-2H3. The molecule has 0 spiro atoms. The van der Waals surface area contributed by atoms with Gasteiger partial charge >= 0.3 is 5.51 Å². The van der Waals surface area contributed by atoms with Gasteiger partial charge in [-0.25, -0.2) is 4.21 Å². The van der Waals surface area contributed by atoms with Crippen LogP contribution in [0.3, 0.4) is 0 Å². The Kier molecular flexibility index (Phi) is 3.94. The molecular weight excluding hydrogens is 361 g/mol. The van der Waals surface area contributed by atoms with Gasteiger partial charge in [-0.15, -0.1) is 0 Å². The van der Waals surface area contributed by atoms with Gasteiger partial charge in [-0.3, -0.25) is 0 Å². The molecule has 1 aromatic rings. The fraction of sp³-hybridized carbons (Fsp3) is 0.500. The first kappa shape index (κ1) is 15.8. The van der Waals surface area contributed by atoms with E-state index in [1.807, 2.05) is 0 Å². The van der Waals surface area contributed by atoms with Gasteiger partial charge in [-0.05, 0) is 32.0 Å². The van der Waals surface area contributed by atoms with Crippen molar-refractivity contribution >= 4 is 26.7 Å². The largest absolute Gasteiger partial charge is 0.486 e. The molecule has 3 atom stereocenters. The van der Waals surface area contributed by atoms with Crippen molar-refractivity contribution in [3.8, 4) is 5.75 Å². The maximum atomic E-state index is 12.5. The molecule has 1 aliphatic heterocycles. The Morgan fingerprint density at radius 1 is 1.40 bits per heavy atom. The molecule has 20 heavy (non-hydrogen) atoms. The highest BCUT2D eigenvalue weighted by molar-refractivity contribution is 9.09. The van der Waals surface area contributed by atoms with E-state index in [4.69, 9.17) is 4.74 Å². The third-order valence-electron chi connectivity index (χ3n) is 3.04. The summed E-state index contributed by atoms with van der Waals surface area (Å²) in [5.41, 5.74) is -5.35. The Balaban J connectivity index is 2.46. The number of hydrogen-bond donors (Lipinski definition) is 1. The van der Waals surface area contributed by atoms with Crippen LogP contribution in [0.2, 0.25) is 0 Å². The van der Waals surface area contributed by atoms with Crippen LogP contribution in [0, 0.1) is 0 Å². The lowest BCUT2D eigenvalue weighted by Crippen LogP contribution is -2.45. The SMILES string of the molecule is CC1(C)Oc2ccc(S(=O)C(F)(F)F)cc2C(O)C1Br. The summed E-state index contributed by atoms with van der Waals surface area (Å²) in [6.45, 7) is 3.50. The van der Waals surface area contributed by atoms with Crippen LogP contribution in [0.4, 0.5) is 13.2 Å². The van der Waals surface area contributed by atoms with E-state index < -0.39 is 37.7 Å². The maximum Gasteiger partial charge on any atom is 0.475 e. The second kappa shape index (κ2) is 4.99. The molecule has 0 saturated heterocycles. The van der Waals surface area contributed by atoms with Crippen LogP contribution >= 0.6 is 15.9 Å². The van der Waals surface area contributed by atoms with Crippen LogP contribution in [-0.2, 0) is 10.8 Å². The van der Waals surface area contributed by atoms with Crippen LogP contribution in [-0.4, -0.2) is 25.3 Å². The number of fused-ring (bicyclic) bond motifs is 1. The van der Waals surface area contributed by atoms with Gasteiger partial charge in [0, 0.05) is 10.5 Å². The van der Waals surface area contributed by atoms with Crippen molar-refractivity contribution in [1.29, 1.82) is 0 Å². The molecule has 1 aliphatic rings. The molecule has 1 heterocycles. The summed E-state index contributed by atoms with van der Waals surface area (Å²) in [5.74, 6) is 0.293. The minimum Gasteiger partial charge on any atom is -0.486 e. The summed E-state index contributed by atoms with van der Waals surface area (Å²) in [6.07, 6.45) is -1.04. The van der Waals surface area contributed by atoms with Crippen molar-refractivity contribution < 1.29 is 27.2 Å². The molecule has 112 valence electrons. The Labute approximate surface area is 124 Å². The van der Waals surface area contributed by atoms with Crippen LogP contribution in [0.25, 0.3) is 0 Å². The predicted molar refractivity (Wildman–Crippen MR) is 71.3 cm³/mol. The van der Waals surface area contributed by atoms with Crippen molar-refractivity contribution in [3.63, 3.8) is 0 Å². The van der Waals surface area contributed by atoms with Crippen LogP contribution in [0.5, 0.6) is 5.75 Å². The van der Waals surface area contributed by atoms with E-state index in [2.05, 4.69) is 15.9 Å². The lowest BCUT2D eigenvalue weighted by molar-refractivity contribution is -0.0385. The maximum absolute atomic E-state index is 12.5. The highest BCUT2D eigenvalue weighted by Gasteiger charge is 2.43. The fourth-order valence-corrected chi connectivity index (χ4v) is 3.05. The first-order valence-corrected chi connectivity index (χ1v) is 7.74. The van der Waals surface area contributed by atoms with Crippen molar-refractivity contribution in [2.75, 3.05) is 0 Å². The zero-order valence-electron chi connectivity index (χ0n) is 10.6. The fourth-order valence-electron chi connectivity index (χ4n) is 1.98. The van der Waals surface area contributed by atoms with Crippen LogP contribution in [0.15, 0.2) is 23.1 Å². The average Bonchev–Trinajstić information content (AvgIpc) is 2.33. The molecule has 1 aromatic carbocycles. The summed E-state index contributed by atoms with van der Waals surface area (Å²) >= 11 is 3.27. The molecule has 0 saturated carbocycles. The third-order valence-corrected chi connectivity index (χ3v) is 5.74. The summed E-state index contributed by atoms with van der Waals surface area (Å²) in [7, 11) is -3.13. The van der Waals surface area contributed by atoms with Gasteiger partial charge in [0.05, 0.1) is 10.9 Å². The molecule has 8 heteroatoms. The van der Waals surface area contributed by atoms with Gasteiger partial charge in [0.1, 0.15) is 11.4 Å². The number of alkyl halides is 4. The van der Waals surface area contributed by atoms with Crippen LogP contribution in [0.1, 0.15) is 25.5 Å². The number of halogens is 4. The van der Waals surface area contributed by atoms with E-state index in [1.54, 1.807) is 13.8 Å². The minimum absolute atomic E-state index is 0.196. The first-order chi connectivity index (χ1) is 9.04. The van der Waals surface area contributed by atoms with E-state index in [0.29, 0.717) is 5.75 Å². The molecule has 0 bridgehead atoms. The molecule has 0 fully saturated rings. The number of rotatable bonds is 1. The Hall–Kier alpha value is -0.600. The topological polar surface area (TPSA) is 46.5 Å². The highest BCUT2D eigenvalue weighted by atomic mass is 79.9. The molecule has 3 unspecified atom stereocenters. The number of benzene rings is 1. The normalized spacial score (nSPS) is 26.6. The zero-order valence-corrected chi connectivity index (χ0v) is 13.0. The lowest BCUT2D eigenvalue weighted by atomic mass is 9.91. The summed E-state index contributed by atoms with van der Waals surface area (Å²) in [4.78, 5) is -0.893. The van der Waals surface area contributed by atoms with Gasteiger partial charge in [-0.1, -0.05) is 15.9 Å². The van der Waals surface area contributed by atoms with Gasteiger partial charge in [0.15, 0.2) is 10.8 Å². The Morgan fingerprint density at radius 3 is 2.55 bits per heavy atom. The van der Waals surface area contributed by atoms with Crippen molar-refractivity contribution in [2.45, 2.75) is 40.8 Å². The van der Waals surface area contributed by atoms with E-state index in [9.17, 15) is 22.5 Å². The van der Waals surface area contributed by atoms with E-state index >= 15 is 0 Å².